The maximum atomic E-state index is 12.5. The molecule has 0 saturated carbocycles. The number of hydrogen-bond donors (Lipinski definition) is 3. The summed E-state index contributed by atoms with van der Waals surface area (Å²) < 4.78 is 31.5. The summed E-state index contributed by atoms with van der Waals surface area (Å²) in [7, 11) is -1.76. The first kappa shape index (κ1) is 21.7. The van der Waals surface area contributed by atoms with E-state index in [1.54, 1.807) is 31.4 Å². The Morgan fingerprint density at radius 3 is 2.28 bits per heavy atom. The van der Waals surface area contributed by atoms with Crippen molar-refractivity contribution in [2.75, 3.05) is 36.0 Å². The van der Waals surface area contributed by atoms with Gasteiger partial charge in [-0.2, -0.15) is 0 Å². The third kappa shape index (κ3) is 5.85. The lowest BCUT2D eigenvalue weighted by Crippen LogP contribution is -2.51. The summed E-state index contributed by atoms with van der Waals surface area (Å²) in [6.07, 6.45) is 1.78. The van der Waals surface area contributed by atoms with Crippen LogP contribution < -0.4 is 15.4 Å². The molecule has 7 nitrogen and oxygen atoms in total. The van der Waals surface area contributed by atoms with Crippen molar-refractivity contribution >= 4 is 39.7 Å². The first-order valence-electron chi connectivity index (χ1n) is 8.09. The lowest BCUT2D eigenvalue weighted by molar-refractivity contribution is -0.140. The summed E-state index contributed by atoms with van der Waals surface area (Å²) in [5, 5.41) is 6.06. The third-order valence-corrected chi connectivity index (χ3v) is 5.60. The fraction of sp³-hybridized carbons (Fsp3) is 0.562. The molecule has 0 unspecified atom stereocenters. The van der Waals surface area contributed by atoms with Gasteiger partial charge in [0.25, 0.3) is 5.91 Å². The SMILES string of the molecule is CCCS(=O)(=O)Nc1ccc(NC(=O)C2(OC)CCNCC2)cc1.Cl. The Morgan fingerprint density at radius 1 is 1.20 bits per heavy atom. The van der Waals surface area contributed by atoms with Gasteiger partial charge in [-0.3, -0.25) is 9.52 Å². The molecule has 0 radical (unpaired) electrons. The summed E-state index contributed by atoms with van der Waals surface area (Å²) in [6, 6.07) is 6.60. The van der Waals surface area contributed by atoms with Crippen LogP contribution in [0.2, 0.25) is 0 Å². The number of carbonyl (C=O) groups excluding carboxylic acids is 1. The minimum atomic E-state index is -3.32. The summed E-state index contributed by atoms with van der Waals surface area (Å²) in [4.78, 5) is 12.5. The fourth-order valence-corrected chi connectivity index (χ4v) is 3.86. The maximum absolute atomic E-state index is 12.5. The van der Waals surface area contributed by atoms with Crippen molar-refractivity contribution in [1.82, 2.24) is 5.32 Å². The highest BCUT2D eigenvalue weighted by molar-refractivity contribution is 7.92. The lowest BCUT2D eigenvalue weighted by Gasteiger charge is -2.34. The predicted octanol–water partition coefficient (Wildman–Crippen LogP) is 1.97. The van der Waals surface area contributed by atoms with E-state index in [0.717, 1.165) is 13.1 Å². The van der Waals surface area contributed by atoms with Gasteiger partial charge in [0.15, 0.2) is 0 Å². The number of sulfonamides is 1. The Labute approximate surface area is 155 Å². The Morgan fingerprint density at radius 2 is 1.76 bits per heavy atom. The van der Waals surface area contributed by atoms with Crippen molar-refractivity contribution < 1.29 is 17.9 Å². The molecule has 1 aliphatic heterocycles. The fourth-order valence-electron chi connectivity index (χ4n) is 2.72. The number of rotatable bonds is 7. The molecule has 9 heteroatoms. The molecule has 1 heterocycles. The summed E-state index contributed by atoms with van der Waals surface area (Å²) in [6.45, 7) is 3.28. The highest BCUT2D eigenvalue weighted by Crippen LogP contribution is 2.25. The summed E-state index contributed by atoms with van der Waals surface area (Å²) in [5.74, 6) is -0.0959. The standard InChI is InChI=1S/C16H25N3O4S.ClH/c1-3-12-24(21,22)19-14-6-4-13(5-7-14)18-15(20)16(23-2)8-10-17-11-9-16;/h4-7,17,19H,3,8-12H2,1-2H3,(H,18,20);1H. The molecule has 1 aromatic carbocycles. The topological polar surface area (TPSA) is 96.5 Å². The number of methoxy groups -OCH3 is 1. The van der Waals surface area contributed by atoms with Crippen LogP contribution in [-0.2, 0) is 19.6 Å². The molecule has 1 saturated heterocycles. The van der Waals surface area contributed by atoms with Gasteiger partial charge in [0.2, 0.25) is 10.0 Å². The van der Waals surface area contributed by atoms with E-state index >= 15 is 0 Å². The molecule has 0 aliphatic carbocycles. The van der Waals surface area contributed by atoms with E-state index in [4.69, 9.17) is 4.74 Å². The zero-order chi connectivity index (χ0) is 17.6. The van der Waals surface area contributed by atoms with Gasteiger partial charge in [-0.05, 0) is 56.6 Å². The van der Waals surface area contributed by atoms with Crippen molar-refractivity contribution in [1.29, 1.82) is 0 Å². The molecule has 0 atom stereocenters. The van der Waals surface area contributed by atoms with Crippen molar-refractivity contribution in [3.05, 3.63) is 24.3 Å². The molecule has 0 aromatic heterocycles. The second-order valence-electron chi connectivity index (χ2n) is 5.90. The second-order valence-corrected chi connectivity index (χ2v) is 7.74. The van der Waals surface area contributed by atoms with E-state index in [1.807, 2.05) is 6.92 Å². The minimum absolute atomic E-state index is 0. The Balaban J connectivity index is 0.00000312. The van der Waals surface area contributed by atoms with E-state index in [0.29, 0.717) is 30.6 Å². The molecule has 1 aromatic rings. The third-order valence-electron chi connectivity index (χ3n) is 4.10. The summed E-state index contributed by atoms with van der Waals surface area (Å²) in [5.41, 5.74) is 0.269. The average Bonchev–Trinajstić information content (AvgIpc) is 2.56. The zero-order valence-electron chi connectivity index (χ0n) is 14.5. The second kappa shape index (κ2) is 9.38. The van der Waals surface area contributed by atoms with E-state index < -0.39 is 15.6 Å². The van der Waals surface area contributed by atoms with Crippen LogP contribution in [0.5, 0.6) is 0 Å². The number of amides is 1. The molecule has 1 amide bonds. The number of anilines is 2. The van der Waals surface area contributed by atoms with Gasteiger partial charge in [-0.1, -0.05) is 6.92 Å². The van der Waals surface area contributed by atoms with Gasteiger partial charge >= 0.3 is 0 Å². The largest absolute Gasteiger partial charge is 0.368 e. The zero-order valence-corrected chi connectivity index (χ0v) is 16.1. The lowest BCUT2D eigenvalue weighted by atomic mass is 9.91. The number of halogens is 1. The Bertz CT molecular complexity index is 658. The van der Waals surface area contributed by atoms with Gasteiger partial charge in [0.1, 0.15) is 5.60 Å². The molecular weight excluding hydrogens is 366 g/mol. The van der Waals surface area contributed by atoms with Crippen LogP contribution in [0.4, 0.5) is 11.4 Å². The van der Waals surface area contributed by atoms with Crippen molar-refractivity contribution in [2.24, 2.45) is 0 Å². The van der Waals surface area contributed by atoms with Crippen LogP contribution in [0.15, 0.2) is 24.3 Å². The molecule has 1 fully saturated rings. The van der Waals surface area contributed by atoms with Crippen molar-refractivity contribution in [3.63, 3.8) is 0 Å². The van der Waals surface area contributed by atoms with Crippen LogP contribution in [0.25, 0.3) is 0 Å². The number of ether oxygens (including phenoxy) is 1. The van der Waals surface area contributed by atoms with Gasteiger partial charge in [-0.25, -0.2) is 8.42 Å². The smallest absolute Gasteiger partial charge is 0.256 e. The first-order chi connectivity index (χ1) is 11.4. The maximum Gasteiger partial charge on any atom is 0.256 e. The van der Waals surface area contributed by atoms with E-state index in [2.05, 4.69) is 15.4 Å². The van der Waals surface area contributed by atoms with Crippen LogP contribution in [0, 0.1) is 0 Å². The van der Waals surface area contributed by atoms with E-state index in [1.165, 1.54) is 0 Å². The number of carbonyl (C=O) groups is 1. The number of piperidine rings is 1. The highest BCUT2D eigenvalue weighted by Gasteiger charge is 2.39. The Hall–Kier alpha value is -1.35. The molecule has 3 N–H and O–H groups in total. The predicted molar refractivity (Wildman–Crippen MR) is 102 cm³/mol. The van der Waals surface area contributed by atoms with Crippen LogP contribution >= 0.6 is 12.4 Å². The molecule has 2 rings (SSSR count). The number of benzene rings is 1. The first-order valence-corrected chi connectivity index (χ1v) is 9.74. The molecular formula is C16H26ClN3O4S. The van der Waals surface area contributed by atoms with Gasteiger partial charge < -0.3 is 15.4 Å². The number of nitrogens with one attached hydrogen (secondary N) is 3. The van der Waals surface area contributed by atoms with Crippen LogP contribution in [0.3, 0.4) is 0 Å². The highest BCUT2D eigenvalue weighted by atomic mass is 35.5. The van der Waals surface area contributed by atoms with Gasteiger partial charge in [0, 0.05) is 18.5 Å². The Kier molecular flexibility index (Phi) is 8.14. The quantitative estimate of drug-likeness (QED) is 0.660. The van der Waals surface area contributed by atoms with Gasteiger partial charge in [0.05, 0.1) is 5.75 Å². The van der Waals surface area contributed by atoms with Crippen LogP contribution in [-0.4, -0.2) is 45.9 Å². The van der Waals surface area contributed by atoms with Crippen molar-refractivity contribution in [2.45, 2.75) is 31.8 Å². The van der Waals surface area contributed by atoms with E-state index in [-0.39, 0.29) is 24.1 Å². The number of hydrogen-bond acceptors (Lipinski definition) is 5. The average molecular weight is 392 g/mol. The minimum Gasteiger partial charge on any atom is -0.368 e. The van der Waals surface area contributed by atoms with Crippen LogP contribution in [0.1, 0.15) is 26.2 Å². The van der Waals surface area contributed by atoms with E-state index in [9.17, 15) is 13.2 Å². The normalized spacial score (nSPS) is 16.6. The molecule has 142 valence electrons. The molecule has 0 bridgehead atoms. The molecule has 25 heavy (non-hydrogen) atoms. The van der Waals surface area contributed by atoms with Crippen molar-refractivity contribution in [3.8, 4) is 0 Å². The van der Waals surface area contributed by atoms with Gasteiger partial charge in [-0.15, -0.1) is 12.4 Å². The molecule has 0 spiro atoms. The monoisotopic (exact) mass is 391 g/mol. The summed E-state index contributed by atoms with van der Waals surface area (Å²) >= 11 is 0. The molecule has 1 aliphatic rings.